The summed E-state index contributed by atoms with van der Waals surface area (Å²) in [5.74, 6) is -0.929. The second-order valence-electron chi connectivity index (χ2n) is 4.08. The predicted octanol–water partition coefficient (Wildman–Crippen LogP) is 3.58. The van der Waals surface area contributed by atoms with Crippen molar-refractivity contribution >= 4 is 28.6 Å². The molecule has 0 bridgehead atoms. The van der Waals surface area contributed by atoms with Crippen molar-refractivity contribution < 1.29 is 9.90 Å². The molecule has 3 aromatic rings. The minimum absolute atomic E-state index is 0.264. The maximum absolute atomic E-state index is 11.0. The Kier molecular flexibility index (Phi) is 2.96. The predicted molar refractivity (Wildman–Crippen MR) is 76.8 cm³/mol. The van der Waals surface area contributed by atoms with Crippen LogP contribution in [0.15, 0.2) is 34.5 Å². The number of nitrogens with zero attached hydrogens (tertiary/aromatic N) is 2. The molecule has 0 aliphatic rings. The number of aromatic carboxylic acids is 1. The Labute approximate surface area is 117 Å². The first-order chi connectivity index (χ1) is 9.15. The van der Waals surface area contributed by atoms with Crippen LogP contribution in [0.25, 0.3) is 21.8 Å². The summed E-state index contributed by atoms with van der Waals surface area (Å²) in [6.07, 6.45) is 1.79. The second-order valence-corrected chi connectivity index (χ2v) is 5.72. The van der Waals surface area contributed by atoms with Crippen molar-refractivity contribution in [1.29, 1.82) is 0 Å². The molecule has 0 aliphatic carbocycles. The van der Waals surface area contributed by atoms with E-state index in [0.29, 0.717) is 0 Å². The van der Waals surface area contributed by atoms with Crippen molar-refractivity contribution in [1.82, 2.24) is 9.55 Å². The number of carboxylic acid groups (broad SMARTS) is 1. The third-order valence-corrected chi connectivity index (χ3v) is 4.37. The SMILES string of the molecule is Cn1cc(-c2csc(-c3ccsc3)n2)cc1C(=O)O. The highest BCUT2D eigenvalue weighted by Gasteiger charge is 2.13. The summed E-state index contributed by atoms with van der Waals surface area (Å²) >= 11 is 3.20. The van der Waals surface area contributed by atoms with Crippen molar-refractivity contribution in [3.05, 3.63) is 40.2 Å². The summed E-state index contributed by atoms with van der Waals surface area (Å²) in [5, 5.41) is 16.0. The van der Waals surface area contributed by atoms with Gasteiger partial charge in [0.15, 0.2) is 0 Å². The Hall–Kier alpha value is -1.92. The first-order valence-electron chi connectivity index (χ1n) is 5.53. The summed E-state index contributed by atoms with van der Waals surface area (Å²) in [6, 6.07) is 3.68. The van der Waals surface area contributed by atoms with Gasteiger partial charge in [-0.15, -0.1) is 11.3 Å². The molecule has 19 heavy (non-hydrogen) atoms. The Morgan fingerprint density at radius 2 is 2.21 bits per heavy atom. The van der Waals surface area contributed by atoms with Gasteiger partial charge in [-0.2, -0.15) is 11.3 Å². The summed E-state index contributed by atoms with van der Waals surface area (Å²) < 4.78 is 1.60. The highest BCUT2D eigenvalue weighted by Crippen LogP contribution is 2.30. The van der Waals surface area contributed by atoms with Gasteiger partial charge in [0.05, 0.1) is 5.69 Å². The minimum Gasteiger partial charge on any atom is -0.477 e. The molecule has 3 aromatic heterocycles. The van der Waals surface area contributed by atoms with Crippen LogP contribution in [0.5, 0.6) is 0 Å². The maximum Gasteiger partial charge on any atom is 0.352 e. The van der Waals surface area contributed by atoms with Crippen LogP contribution in [0.1, 0.15) is 10.5 Å². The maximum atomic E-state index is 11.0. The van der Waals surface area contributed by atoms with Gasteiger partial charge in [-0.3, -0.25) is 0 Å². The van der Waals surface area contributed by atoms with E-state index in [1.807, 2.05) is 16.8 Å². The van der Waals surface area contributed by atoms with Crippen molar-refractivity contribution in [2.75, 3.05) is 0 Å². The number of carbonyl (C=O) groups is 1. The molecule has 0 unspecified atom stereocenters. The van der Waals surface area contributed by atoms with Crippen LogP contribution in [0.3, 0.4) is 0 Å². The number of hydrogen-bond donors (Lipinski definition) is 1. The average molecular weight is 290 g/mol. The number of rotatable bonds is 3. The van der Waals surface area contributed by atoms with Gasteiger partial charge >= 0.3 is 5.97 Å². The zero-order valence-electron chi connectivity index (χ0n) is 10.0. The molecule has 0 aliphatic heterocycles. The van der Waals surface area contributed by atoms with Gasteiger partial charge in [0.1, 0.15) is 10.7 Å². The highest BCUT2D eigenvalue weighted by molar-refractivity contribution is 7.14. The molecule has 0 atom stereocenters. The van der Waals surface area contributed by atoms with Crippen LogP contribution in [-0.2, 0) is 7.05 Å². The van der Waals surface area contributed by atoms with Gasteiger partial charge in [0.25, 0.3) is 0 Å². The van der Waals surface area contributed by atoms with Crippen molar-refractivity contribution in [3.63, 3.8) is 0 Å². The summed E-state index contributed by atoms with van der Waals surface area (Å²) in [6.45, 7) is 0. The fourth-order valence-electron chi connectivity index (χ4n) is 1.84. The molecule has 1 N–H and O–H groups in total. The van der Waals surface area contributed by atoms with Crippen LogP contribution < -0.4 is 0 Å². The van der Waals surface area contributed by atoms with E-state index in [9.17, 15) is 4.79 Å². The molecular formula is C13H10N2O2S2. The van der Waals surface area contributed by atoms with Crippen LogP contribution in [0.2, 0.25) is 0 Å². The lowest BCUT2D eigenvalue weighted by molar-refractivity contribution is 0.0686. The molecule has 4 nitrogen and oxygen atoms in total. The molecular weight excluding hydrogens is 280 g/mol. The van der Waals surface area contributed by atoms with E-state index in [2.05, 4.69) is 10.4 Å². The van der Waals surface area contributed by atoms with Gasteiger partial charge in [-0.1, -0.05) is 0 Å². The normalized spacial score (nSPS) is 10.8. The summed E-state index contributed by atoms with van der Waals surface area (Å²) in [5.41, 5.74) is 3.02. The van der Waals surface area contributed by atoms with Gasteiger partial charge in [0, 0.05) is 35.1 Å². The van der Waals surface area contributed by atoms with Crippen LogP contribution in [0.4, 0.5) is 0 Å². The third-order valence-electron chi connectivity index (χ3n) is 2.79. The molecule has 0 saturated carbocycles. The molecule has 0 radical (unpaired) electrons. The first kappa shape index (κ1) is 12.1. The van der Waals surface area contributed by atoms with E-state index >= 15 is 0 Å². The molecule has 0 aromatic carbocycles. The van der Waals surface area contributed by atoms with E-state index in [0.717, 1.165) is 21.8 Å². The third kappa shape index (κ3) is 2.20. The Balaban J connectivity index is 1.99. The number of aryl methyl sites for hydroxylation is 1. The second kappa shape index (κ2) is 4.64. The van der Waals surface area contributed by atoms with E-state index < -0.39 is 5.97 Å². The average Bonchev–Trinajstić information content (AvgIpc) is 3.08. The van der Waals surface area contributed by atoms with E-state index in [1.165, 1.54) is 0 Å². The Morgan fingerprint density at radius 3 is 2.84 bits per heavy atom. The molecule has 0 spiro atoms. The molecule has 6 heteroatoms. The number of thiazole rings is 1. The smallest absolute Gasteiger partial charge is 0.352 e. The zero-order valence-corrected chi connectivity index (χ0v) is 11.7. The topological polar surface area (TPSA) is 55.1 Å². The standard InChI is InChI=1S/C13H10N2O2S2/c1-15-5-9(4-11(15)13(16)17)10-7-19-12(14-10)8-2-3-18-6-8/h2-7H,1H3,(H,16,17). The lowest BCUT2D eigenvalue weighted by atomic mass is 10.2. The van der Waals surface area contributed by atoms with Gasteiger partial charge in [-0.25, -0.2) is 9.78 Å². The zero-order chi connectivity index (χ0) is 13.4. The van der Waals surface area contributed by atoms with Crippen LogP contribution in [0, 0.1) is 0 Å². The highest BCUT2D eigenvalue weighted by atomic mass is 32.1. The fourth-order valence-corrected chi connectivity index (χ4v) is 3.38. The minimum atomic E-state index is -0.929. The molecule has 0 saturated heterocycles. The van der Waals surface area contributed by atoms with E-state index in [4.69, 9.17) is 5.11 Å². The largest absolute Gasteiger partial charge is 0.477 e. The van der Waals surface area contributed by atoms with Crippen LogP contribution in [-0.4, -0.2) is 20.6 Å². The Morgan fingerprint density at radius 1 is 1.37 bits per heavy atom. The van der Waals surface area contributed by atoms with Gasteiger partial charge in [0.2, 0.25) is 0 Å². The van der Waals surface area contributed by atoms with Crippen molar-refractivity contribution in [2.24, 2.45) is 7.05 Å². The molecule has 3 rings (SSSR count). The van der Waals surface area contributed by atoms with Gasteiger partial charge < -0.3 is 9.67 Å². The summed E-state index contributed by atoms with van der Waals surface area (Å²) in [7, 11) is 1.72. The first-order valence-corrected chi connectivity index (χ1v) is 7.35. The fraction of sp³-hybridized carbons (Fsp3) is 0.0769. The van der Waals surface area contributed by atoms with Crippen molar-refractivity contribution in [3.8, 4) is 21.8 Å². The van der Waals surface area contributed by atoms with Crippen LogP contribution >= 0.6 is 22.7 Å². The van der Waals surface area contributed by atoms with E-state index in [-0.39, 0.29) is 5.69 Å². The monoisotopic (exact) mass is 290 g/mol. The number of hydrogen-bond acceptors (Lipinski definition) is 4. The molecule has 0 fully saturated rings. The molecule has 96 valence electrons. The molecule has 0 amide bonds. The van der Waals surface area contributed by atoms with E-state index in [1.54, 1.807) is 46.6 Å². The van der Waals surface area contributed by atoms with Crippen molar-refractivity contribution in [2.45, 2.75) is 0 Å². The number of aromatic nitrogens is 2. The lowest BCUT2D eigenvalue weighted by Gasteiger charge is -1.93. The summed E-state index contributed by atoms with van der Waals surface area (Å²) in [4.78, 5) is 15.6. The molecule has 3 heterocycles. The van der Waals surface area contributed by atoms with Gasteiger partial charge in [-0.05, 0) is 17.5 Å². The number of carboxylic acids is 1. The quantitative estimate of drug-likeness (QED) is 0.802. The lowest BCUT2D eigenvalue weighted by Crippen LogP contribution is -2.02. The Bertz CT molecular complexity index is 726. The number of thiophene rings is 1.